The highest BCUT2D eigenvalue weighted by Crippen LogP contribution is 2.26. The van der Waals surface area contributed by atoms with Gasteiger partial charge < -0.3 is 9.64 Å². The molecule has 3 rings (SSSR count). The lowest BCUT2D eigenvalue weighted by Gasteiger charge is -2.34. The van der Waals surface area contributed by atoms with Gasteiger partial charge in [0.05, 0.1) is 4.90 Å². The Morgan fingerprint density at radius 2 is 1.78 bits per heavy atom. The molecule has 0 radical (unpaired) electrons. The Labute approximate surface area is 160 Å². The van der Waals surface area contributed by atoms with Gasteiger partial charge in [0.25, 0.3) is 5.91 Å². The standard InChI is InChI=1S/C19H26N2O5S/c1-2-4-19(23)26-14-18(22)20-9-11-21(12-10-20)27(24,25)17-8-7-15-5-3-6-16(15)13-17/h7-8,13H,2-6,9-12,14H2,1H3. The number of nitrogens with zero attached hydrogens (tertiary/aromatic N) is 2. The van der Waals surface area contributed by atoms with Crippen LogP contribution in [0.2, 0.25) is 0 Å². The third-order valence-corrected chi connectivity index (χ3v) is 7.00. The lowest BCUT2D eigenvalue weighted by molar-refractivity contribution is -0.152. The van der Waals surface area contributed by atoms with E-state index in [1.807, 2.05) is 13.0 Å². The molecule has 1 amide bonds. The molecule has 2 aliphatic rings. The number of rotatable bonds is 6. The number of fused-ring (bicyclic) bond motifs is 1. The fourth-order valence-electron chi connectivity index (χ4n) is 3.55. The summed E-state index contributed by atoms with van der Waals surface area (Å²) in [4.78, 5) is 25.4. The molecule has 7 nitrogen and oxygen atoms in total. The van der Waals surface area contributed by atoms with Crippen LogP contribution in [-0.2, 0) is 37.2 Å². The molecule has 0 N–H and O–H groups in total. The van der Waals surface area contributed by atoms with Crippen LogP contribution in [0.3, 0.4) is 0 Å². The average molecular weight is 394 g/mol. The summed E-state index contributed by atoms with van der Waals surface area (Å²) in [5.74, 6) is -0.669. The zero-order valence-corrected chi connectivity index (χ0v) is 16.5. The van der Waals surface area contributed by atoms with Crippen molar-refractivity contribution in [2.24, 2.45) is 0 Å². The Bertz CT molecular complexity index is 813. The molecule has 27 heavy (non-hydrogen) atoms. The number of ether oxygens (including phenoxy) is 1. The van der Waals surface area contributed by atoms with Crippen molar-refractivity contribution in [1.29, 1.82) is 0 Å². The van der Waals surface area contributed by atoms with Crippen LogP contribution in [0.4, 0.5) is 0 Å². The number of hydrogen-bond donors (Lipinski definition) is 0. The van der Waals surface area contributed by atoms with E-state index >= 15 is 0 Å². The second-order valence-corrected chi connectivity index (χ2v) is 8.92. The number of carbonyl (C=O) groups excluding carboxylic acids is 2. The zero-order chi connectivity index (χ0) is 19.4. The molecule has 1 aliphatic carbocycles. The van der Waals surface area contributed by atoms with Crippen LogP contribution in [0.15, 0.2) is 23.1 Å². The van der Waals surface area contributed by atoms with Gasteiger partial charge in [-0.3, -0.25) is 9.59 Å². The van der Waals surface area contributed by atoms with E-state index in [-0.39, 0.29) is 31.6 Å². The highest BCUT2D eigenvalue weighted by atomic mass is 32.2. The Kier molecular flexibility index (Phi) is 6.16. The van der Waals surface area contributed by atoms with Crippen molar-refractivity contribution in [3.05, 3.63) is 29.3 Å². The summed E-state index contributed by atoms with van der Waals surface area (Å²) < 4.78 is 32.2. The second-order valence-electron chi connectivity index (χ2n) is 6.98. The monoisotopic (exact) mass is 394 g/mol. The van der Waals surface area contributed by atoms with Gasteiger partial charge in [-0.05, 0) is 48.9 Å². The predicted octanol–water partition coefficient (Wildman–Crippen LogP) is 1.35. The van der Waals surface area contributed by atoms with Gasteiger partial charge in [-0.1, -0.05) is 13.0 Å². The van der Waals surface area contributed by atoms with E-state index in [0.717, 1.165) is 24.8 Å². The molecule has 0 unspecified atom stereocenters. The van der Waals surface area contributed by atoms with Crippen molar-refractivity contribution in [3.8, 4) is 0 Å². The van der Waals surface area contributed by atoms with Crippen LogP contribution >= 0.6 is 0 Å². The number of piperazine rings is 1. The summed E-state index contributed by atoms with van der Waals surface area (Å²) in [5, 5.41) is 0. The third-order valence-electron chi connectivity index (χ3n) is 5.11. The second kappa shape index (κ2) is 8.39. The van der Waals surface area contributed by atoms with E-state index in [2.05, 4.69) is 0 Å². The van der Waals surface area contributed by atoms with Gasteiger partial charge in [0, 0.05) is 32.6 Å². The van der Waals surface area contributed by atoms with Gasteiger partial charge in [-0.2, -0.15) is 4.31 Å². The molecule has 1 fully saturated rings. The Morgan fingerprint density at radius 1 is 1.07 bits per heavy atom. The third kappa shape index (κ3) is 4.50. The van der Waals surface area contributed by atoms with Gasteiger partial charge in [-0.15, -0.1) is 0 Å². The van der Waals surface area contributed by atoms with Crippen LogP contribution in [-0.4, -0.2) is 62.3 Å². The van der Waals surface area contributed by atoms with Crippen LogP contribution in [0.5, 0.6) is 0 Å². The number of sulfonamides is 1. The van der Waals surface area contributed by atoms with Crippen molar-refractivity contribution < 1.29 is 22.7 Å². The number of carbonyl (C=O) groups is 2. The molecular formula is C19H26N2O5S. The largest absolute Gasteiger partial charge is 0.456 e. The SMILES string of the molecule is CCCC(=O)OCC(=O)N1CCN(S(=O)(=O)c2ccc3c(c2)CCC3)CC1. The summed E-state index contributed by atoms with van der Waals surface area (Å²) in [6, 6.07) is 5.40. The minimum absolute atomic E-state index is 0.244. The van der Waals surface area contributed by atoms with Crippen LogP contribution < -0.4 is 0 Å². The number of hydrogen-bond acceptors (Lipinski definition) is 5. The summed E-state index contributed by atoms with van der Waals surface area (Å²) in [6.45, 7) is 2.67. The van der Waals surface area contributed by atoms with Crippen molar-refractivity contribution >= 4 is 21.9 Å². The fraction of sp³-hybridized carbons (Fsp3) is 0.579. The quantitative estimate of drug-likeness (QED) is 0.680. The van der Waals surface area contributed by atoms with Crippen molar-refractivity contribution in [1.82, 2.24) is 9.21 Å². The summed E-state index contributed by atoms with van der Waals surface area (Å²) in [7, 11) is -3.56. The van der Waals surface area contributed by atoms with E-state index in [4.69, 9.17) is 4.74 Å². The van der Waals surface area contributed by atoms with E-state index in [1.165, 1.54) is 9.87 Å². The predicted molar refractivity (Wildman–Crippen MR) is 99.7 cm³/mol. The van der Waals surface area contributed by atoms with Gasteiger partial charge in [-0.25, -0.2) is 8.42 Å². The summed E-state index contributed by atoms with van der Waals surface area (Å²) in [6.07, 6.45) is 3.98. The molecule has 1 aliphatic heterocycles. The van der Waals surface area contributed by atoms with E-state index in [9.17, 15) is 18.0 Å². The molecule has 0 spiro atoms. The summed E-state index contributed by atoms with van der Waals surface area (Å²) in [5.41, 5.74) is 2.36. The number of benzene rings is 1. The molecule has 1 aromatic carbocycles. The van der Waals surface area contributed by atoms with Crippen molar-refractivity contribution in [3.63, 3.8) is 0 Å². The van der Waals surface area contributed by atoms with Crippen molar-refractivity contribution in [2.75, 3.05) is 32.8 Å². The highest BCUT2D eigenvalue weighted by molar-refractivity contribution is 7.89. The minimum Gasteiger partial charge on any atom is -0.456 e. The Morgan fingerprint density at radius 3 is 2.48 bits per heavy atom. The normalized spacial score (nSPS) is 17.6. The zero-order valence-electron chi connectivity index (χ0n) is 15.6. The maximum absolute atomic E-state index is 12.9. The average Bonchev–Trinajstić information content (AvgIpc) is 3.14. The van der Waals surface area contributed by atoms with Gasteiger partial charge in [0.1, 0.15) is 0 Å². The smallest absolute Gasteiger partial charge is 0.306 e. The Hall–Kier alpha value is -1.93. The first-order chi connectivity index (χ1) is 12.9. The van der Waals surface area contributed by atoms with Gasteiger partial charge in [0.2, 0.25) is 10.0 Å². The maximum atomic E-state index is 12.9. The topological polar surface area (TPSA) is 84.0 Å². The lowest BCUT2D eigenvalue weighted by Crippen LogP contribution is -2.51. The Balaban J connectivity index is 1.56. The number of esters is 1. The van der Waals surface area contributed by atoms with E-state index in [1.54, 1.807) is 17.0 Å². The minimum atomic E-state index is -3.56. The van der Waals surface area contributed by atoms with Crippen LogP contribution in [0.1, 0.15) is 37.3 Å². The van der Waals surface area contributed by atoms with Crippen LogP contribution in [0.25, 0.3) is 0 Å². The maximum Gasteiger partial charge on any atom is 0.306 e. The van der Waals surface area contributed by atoms with Crippen LogP contribution in [0, 0.1) is 0 Å². The number of amides is 1. The van der Waals surface area contributed by atoms with Gasteiger partial charge in [0.15, 0.2) is 6.61 Å². The molecule has 8 heteroatoms. The van der Waals surface area contributed by atoms with E-state index < -0.39 is 10.0 Å². The molecule has 1 aromatic rings. The molecule has 148 valence electrons. The fourth-order valence-corrected chi connectivity index (χ4v) is 5.02. The first kappa shape index (κ1) is 19.8. The molecule has 1 heterocycles. The molecule has 0 saturated carbocycles. The molecule has 0 bridgehead atoms. The first-order valence-corrected chi connectivity index (χ1v) is 10.9. The van der Waals surface area contributed by atoms with E-state index in [0.29, 0.717) is 30.8 Å². The lowest BCUT2D eigenvalue weighted by atomic mass is 10.1. The van der Waals surface area contributed by atoms with Crippen molar-refractivity contribution in [2.45, 2.75) is 43.9 Å². The number of aryl methyl sites for hydroxylation is 2. The first-order valence-electron chi connectivity index (χ1n) is 9.47. The molecule has 0 atom stereocenters. The highest BCUT2D eigenvalue weighted by Gasteiger charge is 2.31. The molecule has 0 aromatic heterocycles. The molecule has 1 saturated heterocycles. The van der Waals surface area contributed by atoms with Gasteiger partial charge >= 0.3 is 5.97 Å². The summed E-state index contributed by atoms with van der Waals surface area (Å²) >= 11 is 0. The molecular weight excluding hydrogens is 368 g/mol.